The fourth-order valence-corrected chi connectivity index (χ4v) is 3.15. The number of halogens is 1. The highest BCUT2D eigenvalue weighted by Gasteiger charge is 2.48. The molecule has 0 aliphatic carbocycles. The second-order valence-corrected chi connectivity index (χ2v) is 7.00. The Morgan fingerprint density at radius 3 is 2.30 bits per heavy atom. The number of carboxylic acids is 1. The molecule has 0 radical (unpaired) electrons. The molecule has 6 atom stereocenters. The third-order valence-electron chi connectivity index (χ3n) is 4.98. The van der Waals surface area contributed by atoms with Gasteiger partial charge in [0.2, 0.25) is 6.29 Å². The first kappa shape index (κ1) is 21.8. The van der Waals surface area contributed by atoms with Gasteiger partial charge < -0.3 is 29.9 Å². The molecule has 2 aromatic rings. The zero-order valence-electron chi connectivity index (χ0n) is 15.9. The number of aliphatic hydroxyl groups excluding tert-OH is 3. The number of aliphatic carboxylic acids is 1. The molecule has 0 spiro atoms. The van der Waals surface area contributed by atoms with E-state index in [4.69, 9.17) is 14.6 Å². The summed E-state index contributed by atoms with van der Waals surface area (Å²) in [5.41, 5.74) is 1.31. The molecule has 2 unspecified atom stereocenters. The number of rotatable bonds is 5. The fraction of sp³-hybridized carbons (Fsp3) is 0.333. The van der Waals surface area contributed by atoms with Crippen molar-refractivity contribution in [1.29, 1.82) is 0 Å². The Morgan fingerprint density at radius 1 is 1.03 bits per heavy atom. The van der Waals surface area contributed by atoms with E-state index in [0.717, 1.165) is 0 Å². The summed E-state index contributed by atoms with van der Waals surface area (Å²) in [4.78, 5) is 23.6. The van der Waals surface area contributed by atoms with Gasteiger partial charge in [0.05, 0.1) is 5.92 Å². The molecule has 1 aliphatic rings. The zero-order chi connectivity index (χ0) is 22.0. The smallest absolute Gasteiger partial charge is 0.335 e. The molecule has 30 heavy (non-hydrogen) atoms. The number of hydrogen-bond acceptors (Lipinski definition) is 7. The molecule has 0 saturated carbocycles. The van der Waals surface area contributed by atoms with E-state index >= 15 is 0 Å². The highest BCUT2D eigenvalue weighted by atomic mass is 19.1. The van der Waals surface area contributed by atoms with Gasteiger partial charge in [-0.25, -0.2) is 9.18 Å². The first-order chi connectivity index (χ1) is 14.2. The molecule has 0 aromatic heterocycles. The standard InChI is InChI=1S/C21H21FO8/c1-10(12-7-8-13(14(22)9-12)11-5-3-2-4-6-11)20(28)30-21-17(25)15(23)16(24)18(29-21)19(26)27/h2-10,15-18,21,23-25H,1H3,(H,26,27)/t10?,15-,16-,17-,18?,21-/m0/s1. The Labute approximate surface area is 171 Å². The van der Waals surface area contributed by atoms with Crippen LogP contribution < -0.4 is 0 Å². The van der Waals surface area contributed by atoms with Crippen molar-refractivity contribution in [2.24, 2.45) is 0 Å². The van der Waals surface area contributed by atoms with E-state index in [1.165, 1.54) is 19.1 Å². The van der Waals surface area contributed by atoms with E-state index in [0.29, 0.717) is 11.1 Å². The highest BCUT2D eigenvalue weighted by Crippen LogP contribution is 2.28. The van der Waals surface area contributed by atoms with E-state index in [1.807, 2.05) is 0 Å². The molecule has 0 bridgehead atoms. The zero-order valence-corrected chi connectivity index (χ0v) is 15.9. The topological polar surface area (TPSA) is 134 Å². The molecular formula is C21H21FO8. The Balaban J connectivity index is 1.74. The quantitative estimate of drug-likeness (QED) is 0.527. The normalized spacial score (nSPS) is 27.3. The van der Waals surface area contributed by atoms with Gasteiger partial charge in [-0.1, -0.05) is 42.5 Å². The molecule has 4 N–H and O–H groups in total. The largest absolute Gasteiger partial charge is 0.479 e. The van der Waals surface area contributed by atoms with Crippen molar-refractivity contribution in [2.45, 2.75) is 43.5 Å². The monoisotopic (exact) mass is 420 g/mol. The maximum absolute atomic E-state index is 14.6. The van der Waals surface area contributed by atoms with Gasteiger partial charge in [-0.2, -0.15) is 0 Å². The third-order valence-corrected chi connectivity index (χ3v) is 4.98. The summed E-state index contributed by atoms with van der Waals surface area (Å²) in [6.07, 6.45) is -9.35. The van der Waals surface area contributed by atoms with Crippen molar-refractivity contribution in [3.8, 4) is 11.1 Å². The number of hydrogen-bond donors (Lipinski definition) is 4. The van der Waals surface area contributed by atoms with Crippen LogP contribution in [0.25, 0.3) is 11.1 Å². The van der Waals surface area contributed by atoms with Crippen molar-refractivity contribution in [1.82, 2.24) is 0 Å². The van der Waals surface area contributed by atoms with E-state index in [-0.39, 0.29) is 5.56 Å². The summed E-state index contributed by atoms with van der Waals surface area (Å²) in [5.74, 6) is -4.05. The van der Waals surface area contributed by atoms with E-state index in [1.54, 1.807) is 36.4 Å². The molecule has 8 nitrogen and oxygen atoms in total. The first-order valence-corrected chi connectivity index (χ1v) is 9.18. The number of benzene rings is 2. The molecule has 3 rings (SSSR count). The second-order valence-electron chi connectivity index (χ2n) is 7.00. The van der Waals surface area contributed by atoms with Gasteiger partial charge in [0, 0.05) is 5.56 Å². The summed E-state index contributed by atoms with van der Waals surface area (Å²) in [5, 5.41) is 38.5. The summed E-state index contributed by atoms with van der Waals surface area (Å²) < 4.78 is 24.5. The maximum atomic E-state index is 14.6. The van der Waals surface area contributed by atoms with E-state index in [9.17, 15) is 29.3 Å². The van der Waals surface area contributed by atoms with Gasteiger partial charge in [0.1, 0.15) is 24.1 Å². The van der Waals surface area contributed by atoms with Crippen molar-refractivity contribution in [2.75, 3.05) is 0 Å². The van der Waals surface area contributed by atoms with Crippen LogP contribution >= 0.6 is 0 Å². The molecular weight excluding hydrogens is 399 g/mol. The van der Waals surface area contributed by atoms with Crippen LogP contribution in [0.4, 0.5) is 4.39 Å². The Kier molecular flexibility index (Phi) is 6.47. The number of aliphatic hydroxyl groups is 3. The number of carbonyl (C=O) groups is 2. The summed E-state index contributed by atoms with van der Waals surface area (Å²) in [6.45, 7) is 1.44. The SMILES string of the molecule is CC(C(=O)O[C@@H]1OC(C(=O)O)[C@@H](O)[C@H](O)[C@@H]1O)c1ccc(-c2ccccc2)c(F)c1. The van der Waals surface area contributed by atoms with E-state index in [2.05, 4.69) is 0 Å². The highest BCUT2D eigenvalue weighted by molar-refractivity contribution is 5.78. The predicted molar refractivity (Wildman–Crippen MR) is 101 cm³/mol. The summed E-state index contributed by atoms with van der Waals surface area (Å²) >= 11 is 0. The molecule has 1 heterocycles. The number of esters is 1. The number of ether oxygens (including phenoxy) is 2. The Bertz CT molecular complexity index is 918. The Hall–Kier alpha value is -2.85. The first-order valence-electron chi connectivity index (χ1n) is 9.18. The lowest BCUT2D eigenvalue weighted by atomic mass is 9.96. The lowest BCUT2D eigenvalue weighted by molar-refractivity contribution is -0.286. The number of carbonyl (C=O) groups excluding carboxylic acids is 1. The van der Waals surface area contributed by atoms with Gasteiger partial charge >= 0.3 is 11.9 Å². The van der Waals surface area contributed by atoms with Gasteiger partial charge in [-0.3, -0.25) is 4.79 Å². The van der Waals surface area contributed by atoms with Crippen LogP contribution in [-0.4, -0.2) is 63.1 Å². The van der Waals surface area contributed by atoms with Crippen molar-refractivity contribution < 1.29 is 43.9 Å². The fourth-order valence-electron chi connectivity index (χ4n) is 3.15. The minimum Gasteiger partial charge on any atom is -0.479 e. The van der Waals surface area contributed by atoms with Gasteiger partial charge in [0.25, 0.3) is 0 Å². The van der Waals surface area contributed by atoms with Crippen LogP contribution in [-0.2, 0) is 19.1 Å². The molecule has 160 valence electrons. The van der Waals surface area contributed by atoms with Crippen molar-refractivity contribution in [3.63, 3.8) is 0 Å². The summed E-state index contributed by atoms with van der Waals surface area (Å²) in [7, 11) is 0. The maximum Gasteiger partial charge on any atom is 0.335 e. The molecule has 2 aromatic carbocycles. The van der Waals surface area contributed by atoms with E-state index < -0.39 is 54.4 Å². The minimum atomic E-state index is -1.90. The molecule has 1 saturated heterocycles. The average Bonchev–Trinajstić information content (AvgIpc) is 2.73. The van der Waals surface area contributed by atoms with Crippen LogP contribution in [0.1, 0.15) is 18.4 Å². The van der Waals surface area contributed by atoms with Gasteiger partial charge in [-0.05, 0) is 24.1 Å². The van der Waals surface area contributed by atoms with Gasteiger partial charge in [0.15, 0.2) is 6.10 Å². The Morgan fingerprint density at radius 2 is 1.70 bits per heavy atom. The van der Waals surface area contributed by atoms with Crippen LogP contribution in [0.15, 0.2) is 48.5 Å². The molecule has 1 aliphatic heterocycles. The van der Waals surface area contributed by atoms with Crippen molar-refractivity contribution >= 4 is 11.9 Å². The average molecular weight is 420 g/mol. The molecule has 1 fully saturated rings. The number of carboxylic acid groups (broad SMARTS) is 1. The van der Waals surface area contributed by atoms with Gasteiger partial charge in [-0.15, -0.1) is 0 Å². The van der Waals surface area contributed by atoms with Crippen LogP contribution in [0.3, 0.4) is 0 Å². The van der Waals surface area contributed by atoms with Crippen molar-refractivity contribution in [3.05, 3.63) is 59.9 Å². The van der Waals surface area contributed by atoms with Crippen LogP contribution in [0.5, 0.6) is 0 Å². The minimum absolute atomic E-state index is 0.290. The third kappa shape index (κ3) is 4.34. The lowest BCUT2D eigenvalue weighted by Crippen LogP contribution is -2.60. The molecule has 9 heteroatoms. The molecule has 0 amide bonds. The summed E-state index contributed by atoms with van der Waals surface area (Å²) in [6, 6.07) is 13.1. The second kappa shape index (κ2) is 8.88. The van der Waals surface area contributed by atoms with Crippen LogP contribution in [0.2, 0.25) is 0 Å². The predicted octanol–water partition coefficient (Wildman–Crippen LogP) is 1.03. The lowest BCUT2D eigenvalue weighted by Gasteiger charge is -2.38. The van der Waals surface area contributed by atoms with Crippen LogP contribution in [0, 0.1) is 5.82 Å².